The number of amides is 3. The van der Waals surface area contributed by atoms with Crippen LogP contribution in [0, 0.1) is 30.6 Å². The number of nitrogens with zero attached hydrogens (tertiary/aromatic N) is 1. The minimum atomic E-state index is -0.947. The quantitative estimate of drug-likeness (QED) is 0.326. The molecule has 1 N–H and O–H groups in total. The molecule has 5 nitrogen and oxygen atoms in total. The van der Waals surface area contributed by atoms with Crippen LogP contribution in [0.5, 0.6) is 0 Å². The van der Waals surface area contributed by atoms with Crippen molar-refractivity contribution >= 4 is 82.8 Å². The van der Waals surface area contributed by atoms with Crippen molar-refractivity contribution in [2.24, 2.45) is 23.7 Å². The van der Waals surface area contributed by atoms with E-state index in [0.717, 1.165) is 16.5 Å². The van der Waals surface area contributed by atoms with Gasteiger partial charge in [0.1, 0.15) is 6.04 Å². The lowest BCUT2D eigenvalue weighted by atomic mass is 9.81. The van der Waals surface area contributed by atoms with Crippen molar-refractivity contribution in [1.82, 2.24) is 4.90 Å². The highest BCUT2D eigenvalue weighted by molar-refractivity contribution is 9.12. The minimum Gasteiger partial charge on any atom is -0.324 e. The van der Waals surface area contributed by atoms with E-state index in [1.54, 1.807) is 12.1 Å². The van der Waals surface area contributed by atoms with Gasteiger partial charge >= 0.3 is 0 Å². The molecule has 0 aromatic heterocycles. The Hall–Kier alpha value is -1.22. The zero-order valence-electron chi connectivity index (χ0n) is 18.2. The molecule has 2 aromatic carbocycles. The molecule has 7 atom stereocenters. The second-order valence-corrected chi connectivity index (χ2v) is 12.6. The highest BCUT2D eigenvalue weighted by atomic mass is 79.9. The smallest absolute Gasteiger partial charge is 0.248 e. The number of likely N-dealkylation sites (tertiary alicyclic amines) is 1. The third-order valence-electron chi connectivity index (χ3n) is 7.50. The molecular formula is C25H22Br3ClN2O3. The van der Waals surface area contributed by atoms with Gasteiger partial charge in [0, 0.05) is 26.2 Å². The fraction of sp³-hybridized carbons (Fsp3) is 0.400. The molecule has 34 heavy (non-hydrogen) atoms. The van der Waals surface area contributed by atoms with Crippen LogP contribution in [0.15, 0.2) is 46.9 Å². The molecule has 0 radical (unpaired) electrons. The van der Waals surface area contributed by atoms with E-state index in [1.165, 1.54) is 4.90 Å². The normalized spacial score (nSPS) is 30.6. The second kappa shape index (κ2) is 9.34. The molecule has 3 aliphatic rings. The Morgan fingerprint density at radius 2 is 1.65 bits per heavy atom. The summed E-state index contributed by atoms with van der Waals surface area (Å²) >= 11 is 17.2. The Morgan fingerprint density at radius 3 is 2.24 bits per heavy atom. The van der Waals surface area contributed by atoms with Crippen LogP contribution in [-0.4, -0.2) is 38.3 Å². The Labute approximate surface area is 228 Å². The first-order valence-corrected chi connectivity index (χ1v) is 14.2. The molecule has 2 aliphatic carbocycles. The van der Waals surface area contributed by atoms with Crippen LogP contribution in [0.4, 0.5) is 5.69 Å². The van der Waals surface area contributed by atoms with E-state index in [4.69, 9.17) is 11.6 Å². The van der Waals surface area contributed by atoms with Crippen molar-refractivity contribution in [2.75, 3.05) is 5.32 Å². The summed E-state index contributed by atoms with van der Waals surface area (Å²) in [7, 11) is 0. The topological polar surface area (TPSA) is 66.5 Å². The van der Waals surface area contributed by atoms with E-state index in [-0.39, 0.29) is 51.6 Å². The van der Waals surface area contributed by atoms with E-state index in [1.807, 2.05) is 37.3 Å². The lowest BCUT2D eigenvalue weighted by Crippen LogP contribution is -2.49. The number of alkyl halides is 2. The number of anilines is 1. The molecule has 1 aliphatic heterocycles. The highest BCUT2D eigenvalue weighted by Crippen LogP contribution is 2.60. The summed E-state index contributed by atoms with van der Waals surface area (Å²) in [6.45, 7) is 1.81. The number of hydrogen-bond donors (Lipinski definition) is 1. The number of fused-ring (bicyclic) bond motifs is 5. The first-order valence-electron chi connectivity index (χ1n) is 11.1. The van der Waals surface area contributed by atoms with Crippen LogP contribution in [0.1, 0.15) is 17.5 Å². The average molecular weight is 674 g/mol. The van der Waals surface area contributed by atoms with Gasteiger partial charge < -0.3 is 5.32 Å². The number of imide groups is 1. The lowest BCUT2D eigenvalue weighted by Gasteiger charge is -2.28. The van der Waals surface area contributed by atoms with Gasteiger partial charge in [-0.25, -0.2) is 0 Å². The van der Waals surface area contributed by atoms with E-state index >= 15 is 0 Å². The van der Waals surface area contributed by atoms with Gasteiger partial charge in [-0.15, -0.1) is 0 Å². The molecule has 5 rings (SSSR count). The number of rotatable bonds is 5. The molecule has 3 amide bonds. The predicted octanol–water partition coefficient (Wildman–Crippen LogP) is 5.74. The molecule has 9 heteroatoms. The average Bonchev–Trinajstić information content (AvgIpc) is 3.43. The fourth-order valence-corrected chi connectivity index (χ4v) is 8.29. The molecule has 1 heterocycles. The summed E-state index contributed by atoms with van der Waals surface area (Å²) in [4.78, 5) is 42.5. The zero-order chi connectivity index (χ0) is 24.3. The van der Waals surface area contributed by atoms with Crippen LogP contribution >= 0.6 is 59.4 Å². The summed E-state index contributed by atoms with van der Waals surface area (Å²) in [5, 5.41) is 3.43. The minimum absolute atomic E-state index is 0.0915. The van der Waals surface area contributed by atoms with Gasteiger partial charge in [0.2, 0.25) is 17.7 Å². The molecular weight excluding hydrogens is 651 g/mol. The maximum Gasteiger partial charge on any atom is 0.248 e. The van der Waals surface area contributed by atoms with Crippen molar-refractivity contribution < 1.29 is 14.4 Å². The number of hydrogen-bond acceptors (Lipinski definition) is 3. The van der Waals surface area contributed by atoms with Crippen LogP contribution in [0.25, 0.3) is 0 Å². The SMILES string of the molecule is Cc1c(NC(=O)[C@H](Cc2ccccc2)N2C(=O)[C@@H]3[C@H]4C[C@@H]([C@@H](Br)[C@H]4Br)[C@H]3C2=O)ccc(Br)c1Cl. The van der Waals surface area contributed by atoms with Gasteiger partial charge in [0.25, 0.3) is 0 Å². The summed E-state index contributed by atoms with van der Waals surface area (Å²) in [6.07, 6.45) is 1.09. The second-order valence-electron chi connectivity index (χ2n) is 9.28. The van der Waals surface area contributed by atoms with E-state index < -0.39 is 11.9 Å². The monoisotopic (exact) mass is 670 g/mol. The number of carbonyl (C=O) groups is 3. The highest BCUT2D eigenvalue weighted by Gasteiger charge is 2.67. The molecule has 2 saturated carbocycles. The van der Waals surface area contributed by atoms with Crippen molar-refractivity contribution in [2.45, 2.75) is 35.5 Å². The Morgan fingerprint density at radius 1 is 1.06 bits per heavy atom. The van der Waals surface area contributed by atoms with Crippen LogP contribution in [0.2, 0.25) is 5.02 Å². The maximum atomic E-state index is 13.7. The van der Waals surface area contributed by atoms with Gasteiger partial charge in [0.05, 0.1) is 16.9 Å². The standard InChI is InChI=1S/C25H22Br3ClN2O3/c1-11-16(8-7-15(26)22(11)29)30-23(32)17(9-12-5-3-2-4-6-12)31-24(33)18-13-10-14(19(18)25(31)34)21(28)20(13)27/h2-8,13-14,17-21H,9-10H2,1H3,(H,30,32)/t13-,14-,17+,18-,19-,20-,21+/m1/s1. The number of carbonyl (C=O) groups excluding carboxylic acids is 3. The van der Waals surface area contributed by atoms with Crippen LogP contribution in [0.3, 0.4) is 0 Å². The Bertz CT molecular complexity index is 1150. The van der Waals surface area contributed by atoms with Crippen molar-refractivity contribution in [3.63, 3.8) is 0 Å². The summed E-state index contributed by atoms with van der Waals surface area (Å²) in [5.74, 6) is -1.41. The molecule has 1 saturated heterocycles. The van der Waals surface area contributed by atoms with Gasteiger partial charge in [-0.2, -0.15) is 0 Å². The first-order chi connectivity index (χ1) is 16.2. The molecule has 0 unspecified atom stereocenters. The Balaban J connectivity index is 1.48. The number of nitrogens with one attached hydrogen (secondary N) is 1. The zero-order valence-corrected chi connectivity index (χ0v) is 23.7. The molecule has 3 fully saturated rings. The first kappa shape index (κ1) is 24.5. The molecule has 178 valence electrons. The maximum absolute atomic E-state index is 13.7. The molecule has 2 aromatic rings. The number of halogens is 4. The van der Waals surface area contributed by atoms with Crippen molar-refractivity contribution in [3.8, 4) is 0 Å². The molecule has 2 bridgehead atoms. The Kier molecular flexibility index (Phi) is 6.72. The predicted molar refractivity (Wildman–Crippen MR) is 142 cm³/mol. The van der Waals surface area contributed by atoms with Crippen LogP contribution < -0.4 is 5.32 Å². The third-order valence-corrected chi connectivity index (χ3v) is 12.1. The number of benzene rings is 2. The third kappa shape index (κ3) is 3.89. The van der Waals surface area contributed by atoms with Crippen LogP contribution in [-0.2, 0) is 20.8 Å². The van der Waals surface area contributed by atoms with Gasteiger partial charge in [-0.05, 0) is 64.4 Å². The van der Waals surface area contributed by atoms with Crippen molar-refractivity contribution in [1.29, 1.82) is 0 Å². The lowest BCUT2D eigenvalue weighted by molar-refractivity contribution is -0.147. The van der Waals surface area contributed by atoms with Gasteiger partial charge in [-0.3, -0.25) is 19.3 Å². The summed E-state index contributed by atoms with van der Waals surface area (Å²) in [5.41, 5.74) is 2.14. The summed E-state index contributed by atoms with van der Waals surface area (Å²) in [6, 6.07) is 12.0. The largest absolute Gasteiger partial charge is 0.324 e. The fourth-order valence-electron chi connectivity index (χ4n) is 5.82. The van der Waals surface area contributed by atoms with E-state index in [0.29, 0.717) is 16.3 Å². The van der Waals surface area contributed by atoms with Gasteiger partial charge in [0.15, 0.2) is 0 Å². The molecule has 0 spiro atoms. The van der Waals surface area contributed by atoms with Crippen molar-refractivity contribution in [3.05, 3.63) is 63.1 Å². The van der Waals surface area contributed by atoms with E-state index in [2.05, 4.69) is 53.1 Å². The van der Waals surface area contributed by atoms with E-state index in [9.17, 15) is 14.4 Å². The van der Waals surface area contributed by atoms with Gasteiger partial charge in [-0.1, -0.05) is 73.8 Å². The summed E-state index contributed by atoms with van der Waals surface area (Å²) < 4.78 is 0.729.